The van der Waals surface area contributed by atoms with Gasteiger partial charge in [-0.1, -0.05) is 18.2 Å². The molecular formula is C8H8N2O. The molecule has 0 heterocycles. The topological polar surface area (TPSA) is 55.4 Å². The van der Waals surface area contributed by atoms with Crippen LogP contribution in [0.15, 0.2) is 29.3 Å². The molecule has 0 atom stereocenters. The molecule has 0 aliphatic heterocycles. The van der Waals surface area contributed by atoms with Crippen molar-refractivity contribution in [3.05, 3.63) is 29.8 Å². The second kappa shape index (κ2) is 3.51. The van der Waals surface area contributed by atoms with E-state index >= 15 is 0 Å². The predicted octanol–water partition coefficient (Wildman–Crippen LogP) is 0.844. The van der Waals surface area contributed by atoms with Crippen LogP contribution in [0.1, 0.15) is 5.56 Å². The molecule has 3 heteroatoms. The van der Waals surface area contributed by atoms with Gasteiger partial charge in [0.2, 0.25) is 6.41 Å². The van der Waals surface area contributed by atoms with Crippen molar-refractivity contribution < 1.29 is 4.79 Å². The molecule has 0 saturated heterocycles. The molecular weight excluding hydrogens is 140 g/mol. The first-order chi connectivity index (χ1) is 5.34. The number of carbonyl (C=O) groups excluding carboxylic acids is 1. The van der Waals surface area contributed by atoms with Gasteiger partial charge in [-0.2, -0.15) is 0 Å². The number of carbonyl (C=O) groups is 1. The van der Waals surface area contributed by atoms with Crippen molar-refractivity contribution in [2.75, 3.05) is 5.73 Å². The summed E-state index contributed by atoms with van der Waals surface area (Å²) in [5.41, 5.74) is 6.94. The van der Waals surface area contributed by atoms with Gasteiger partial charge in [0.05, 0.1) is 0 Å². The Hall–Kier alpha value is -1.64. The molecule has 0 radical (unpaired) electrons. The number of nitrogens with zero attached hydrogens (tertiary/aromatic N) is 1. The largest absolute Gasteiger partial charge is 0.398 e. The van der Waals surface area contributed by atoms with Gasteiger partial charge < -0.3 is 5.73 Å². The van der Waals surface area contributed by atoms with Gasteiger partial charge in [0.1, 0.15) is 0 Å². The predicted molar refractivity (Wildman–Crippen MR) is 44.5 cm³/mol. The lowest BCUT2D eigenvalue weighted by Gasteiger charge is -1.95. The van der Waals surface area contributed by atoms with E-state index in [9.17, 15) is 4.79 Å². The van der Waals surface area contributed by atoms with Gasteiger partial charge in [-0.25, -0.2) is 4.99 Å². The van der Waals surface area contributed by atoms with E-state index in [0.717, 1.165) is 5.56 Å². The summed E-state index contributed by atoms with van der Waals surface area (Å²) in [6.45, 7) is 0. The normalized spacial score (nSPS) is 10.2. The van der Waals surface area contributed by atoms with Crippen LogP contribution in [0, 0.1) is 0 Å². The summed E-state index contributed by atoms with van der Waals surface area (Å²) in [6.07, 6.45) is 1.91. The van der Waals surface area contributed by atoms with E-state index in [0.29, 0.717) is 12.1 Å². The van der Waals surface area contributed by atoms with E-state index in [1.807, 2.05) is 12.1 Å². The Morgan fingerprint density at radius 2 is 2.09 bits per heavy atom. The number of amides is 1. The van der Waals surface area contributed by atoms with Crippen LogP contribution in [-0.4, -0.2) is 12.6 Å². The standard InChI is InChI=1S/C8H8N2O/c9-8-4-2-1-3-7(8)5-10-6-11/h1-6H,9H2. The van der Waals surface area contributed by atoms with Crippen LogP contribution in [0.3, 0.4) is 0 Å². The fourth-order valence-corrected chi connectivity index (χ4v) is 0.739. The first-order valence-corrected chi connectivity index (χ1v) is 3.16. The van der Waals surface area contributed by atoms with Crippen LogP contribution >= 0.6 is 0 Å². The number of nitrogens with two attached hydrogens (primary N) is 1. The molecule has 0 fully saturated rings. The van der Waals surface area contributed by atoms with Crippen molar-refractivity contribution in [2.24, 2.45) is 4.99 Å². The highest BCUT2D eigenvalue weighted by Crippen LogP contribution is 2.06. The summed E-state index contributed by atoms with van der Waals surface area (Å²) in [5.74, 6) is 0. The molecule has 1 rings (SSSR count). The third-order valence-electron chi connectivity index (χ3n) is 1.27. The van der Waals surface area contributed by atoms with Gasteiger partial charge in [0, 0.05) is 17.5 Å². The average Bonchev–Trinajstić information content (AvgIpc) is 2.03. The first kappa shape index (κ1) is 7.47. The van der Waals surface area contributed by atoms with Crippen molar-refractivity contribution in [3.63, 3.8) is 0 Å². The third-order valence-corrected chi connectivity index (χ3v) is 1.27. The second-order valence-corrected chi connectivity index (χ2v) is 2.01. The maximum Gasteiger partial charge on any atom is 0.232 e. The molecule has 0 unspecified atom stereocenters. The number of benzene rings is 1. The van der Waals surface area contributed by atoms with E-state index in [-0.39, 0.29) is 0 Å². The van der Waals surface area contributed by atoms with Crippen molar-refractivity contribution in [1.82, 2.24) is 0 Å². The fraction of sp³-hybridized carbons (Fsp3) is 0. The molecule has 11 heavy (non-hydrogen) atoms. The number of hydrogen-bond donors (Lipinski definition) is 1. The van der Waals surface area contributed by atoms with E-state index in [1.165, 1.54) is 6.21 Å². The summed E-state index contributed by atoms with van der Waals surface area (Å²) < 4.78 is 0. The zero-order chi connectivity index (χ0) is 8.10. The van der Waals surface area contributed by atoms with Crippen molar-refractivity contribution >= 4 is 18.3 Å². The molecule has 0 aliphatic rings. The van der Waals surface area contributed by atoms with Gasteiger partial charge in [-0.05, 0) is 6.07 Å². The van der Waals surface area contributed by atoms with Gasteiger partial charge in [0.25, 0.3) is 0 Å². The molecule has 0 bridgehead atoms. The minimum Gasteiger partial charge on any atom is -0.398 e. The monoisotopic (exact) mass is 148 g/mol. The van der Waals surface area contributed by atoms with Crippen LogP contribution in [0.25, 0.3) is 0 Å². The zero-order valence-electron chi connectivity index (χ0n) is 5.90. The first-order valence-electron chi connectivity index (χ1n) is 3.16. The van der Waals surface area contributed by atoms with Crippen LogP contribution < -0.4 is 5.73 Å². The molecule has 2 N–H and O–H groups in total. The fourth-order valence-electron chi connectivity index (χ4n) is 0.739. The number of rotatable bonds is 2. The molecule has 0 aliphatic carbocycles. The lowest BCUT2D eigenvalue weighted by atomic mass is 10.2. The van der Waals surface area contributed by atoms with Crippen LogP contribution in [0.5, 0.6) is 0 Å². The summed E-state index contributed by atoms with van der Waals surface area (Å²) in [5, 5.41) is 0. The number of anilines is 1. The second-order valence-electron chi connectivity index (χ2n) is 2.01. The summed E-state index contributed by atoms with van der Waals surface area (Å²) in [7, 11) is 0. The lowest BCUT2D eigenvalue weighted by Crippen LogP contribution is -1.91. The smallest absolute Gasteiger partial charge is 0.232 e. The van der Waals surface area contributed by atoms with Crippen LogP contribution in [-0.2, 0) is 4.79 Å². The van der Waals surface area contributed by atoms with Gasteiger partial charge in [-0.15, -0.1) is 0 Å². The average molecular weight is 148 g/mol. The maximum absolute atomic E-state index is 9.85. The number of aliphatic imine (C=N–C) groups is 1. The number of nitrogen functional groups attached to an aromatic ring is 1. The summed E-state index contributed by atoms with van der Waals surface area (Å²) in [6, 6.07) is 7.21. The Labute approximate surface area is 64.6 Å². The van der Waals surface area contributed by atoms with E-state index in [4.69, 9.17) is 5.73 Å². The highest BCUT2D eigenvalue weighted by atomic mass is 16.1. The molecule has 3 nitrogen and oxygen atoms in total. The van der Waals surface area contributed by atoms with Crippen molar-refractivity contribution in [2.45, 2.75) is 0 Å². The van der Waals surface area contributed by atoms with Gasteiger partial charge >= 0.3 is 0 Å². The SMILES string of the molecule is Nc1ccccc1C=NC=O. The lowest BCUT2D eigenvalue weighted by molar-refractivity contribution is -0.106. The quantitative estimate of drug-likeness (QED) is 0.384. The Morgan fingerprint density at radius 3 is 2.73 bits per heavy atom. The van der Waals surface area contributed by atoms with E-state index < -0.39 is 0 Å². The Bertz CT molecular complexity index is 281. The van der Waals surface area contributed by atoms with E-state index in [1.54, 1.807) is 12.1 Å². The summed E-state index contributed by atoms with van der Waals surface area (Å²) >= 11 is 0. The highest BCUT2D eigenvalue weighted by Gasteiger charge is 1.90. The van der Waals surface area contributed by atoms with E-state index in [2.05, 4.69) is 4.99 Å². The van der Waals surface area contributed by atoms with Crippen LogP contribution in [0.2, 0.25) is 0 Å². The molecule has 0 spiro atoms. The molecule has 1 aromatic rings. The Balaban J connectivity index is 2.94. The number of para-hydroxylation sites is 1. The summed E-state index contributed by atoms with van der Waals surface area (Å²) in [4.78, 5) is 13.3. The zero-order valence-corrected chi connectivity index (χ0v) is 5.90. The molecule has 0 aromatic heterocycles. The molecule has 1 amide bonds. The van der Waals surface area contributed by atoms with Crippen LogP contribution in [0.4, 0.5) is 5.69 Å². The Kier molecular flexibility index (Phi) is 2.38. The maximum atomic E-state index is 9.85. The third kappa shape index (κ3) is 1.89. The van der Waals surface area contributed by atoms with Gasteiger partial charge in [-0.3, -0.25) is 4.79 Å². The molecule has 56 valence electrons. The molecule has 1 aromatic carbocycles. The number of hydrogen-bond acceptors (Lipinski definition) is 2. The van der Waals surface area contributed by atoms with Crippen molar-refractivity contribution in [3.8, 4) is 0 Å². The highest BCUT2D eigenvalue weighted by molar-refractivity contribution is 5.90. The minimum atomic E-state index is 0.479. The Morgan fingerprint density at radius 1 is 1.36 bits per heavy atom. The molecule has 0 saturated carbocycles. The minimum absolute atomic E-state index is 0.479. The van der Waals surface area contributed by atoms with Gasteiger partial charge in [0.15, 0.2) is 0 Å². The van der Waals surface area contributed by atoms with Crippen molar-refractivity contribution in [1.29, 1.82) is 0 Å².